The van der Waals surface area contributed by atoms with E-state index in [0.717, 1.165) is 24.9 Å². The van der Waals surface area contributed by atoms with Crippen LogP contribution in [0.15, 0.2) is 18.2 Å². The monoisotopic (exact) mass is 221 g/mol. The summed E-state index contributed by atoms with van der Waals surface area (Å²) < 4.78 is 13.0. The number of Topliss-reactive ketones (excluding diaryl/α,β-unsaturated/α-hetero) is 1. The van der Waals surface area contributed by atoms with Crippen LogP contribution in [0.4, 0.5) is 4.39 Å². The summed E-state index contributed by atoms with van der Waals surface area (Å²) in [7, 11) is 3.98. The van der Waals surface area contributed by atoms with Crippen molar-refractivity contribution in [2.45, 2.75) is 12.8 Å². The number of hydrogen-bond donors (Lipinski definition) is 0. The molecule has 1 aliphatic rings. The molecular formula is C13H16FNO. The number of rotatable bonds is 3. The Hall–Kier alpha value is -1.22. The van der Waals surface area contributed by atoms with E-state index in [9.17, 15) is 9.18 Å². The molecule has 0 aliphatic heterocycles. The van der Waals surface area contributed by atoms with Crippen molar-refractivity contribution in [3.8, 4) is 0 Å². The molecule has 0 N–H and O–H groups in total. The lowest BCUT2D eigenvalue weighted by Crippen LogP contribution is -2.19. The zero-order valence-corrected chi connectivity index (χ0v) is 9.66. The smallest absolute Gasteiger partial charge is 0.166 e. The molecule has 16 heavy (non-hydrogen) atoms. The molecule has 1 aromatic rings. The minimum Gasteiger partial charge on any atom is -0.309 e. The van der Waals surface area contributed by atoms with Crippen LogP contribution in [-0.4, -0.2) is 31.3 Å². The van der Waals surface area contributed by atoms with Crippen LogP contribution < -0.4 is 0 Å². The first kappa shape index (κ1) is 11.3. The predicted octanol–water partition coefficient (Wildman–Crippen LogP) is 2.13. The number of carbonyl (C=O) groups excluding carboxylic acids is 1. The van der Waals surface area contributed by atoms with Gasteiger partial charge in [0.2, 0.25) is 0 Å². The van der Waals surface area contributed by atoms with Gasteiger partial charge >= 0.3 is 0 Å². The standard InChI is InChI=1S/C13H16FNO/c1-15(2)6-5-10-7-9-3-4-11(14)8-12(9)13(10)16/h3-4,8,10H,5-7H2,1-2H3. The van der Waals surface area contributed by atoms with Gasteiger partial charge in [-0.25, -0.2) is 4.39 Å². The van der Waals surface area contributed by atoms with E-state index in [4.69, 9.17) is 0 Å². The maximum atomic E-state index is 13.0. The first-order valence-corrected chi connectivity index (χ1v) is 5.55. The fourth-order valence-electron chi connectivity index (χ4n) is 2.18. The van der Waals surface area contributed by atoms with Crippen molar-refractivity contribution in [3.63, 3.8) is 0 Å². The van der Waals surface area contributed by atoms with Gasteiger partial charge in [0.05, 0.1) is 0 Å². The molecule has 0 fully saturated rings. The SMILES string of the molecule is CN(C)CCC1Cc2ccc(F)cc2C1=O. The zero-order valence-electron chi connectivity index (χ0n) is 9.66. The van der Waals surface area contributed by atoms with Crippen LogP contribution in [-0.2, 0) is 6.42 Å². The first-order chi connectivity index (χ1) is 7.58. The predicted molar refractivity (Wildman–Crippen MR) is 61.1 cm³/mol. The number of hydrogen-bond acceptors (Lipinski definition) is 2. The summed E-state index contributed by atoms with van der Waals surface area (Å²) in [6, 6.07) is 4.53. The molecule has 1 unspecified atom stereocenters. The molecule has 0 amide bonds. The Morgan fingerprint density at radius 1 is 1.44 bits per heavy atom. The lowest BCUT2D eigenvalue weighted by molar-refractivity contribution is 0.0925. The van der Waals surface area contributed by atoms with Gasteiger partial charge in [-0.3, -0.25) is 4.79 Å². The second kappa shape index (κ2) is 4.34. The van der Waals surface area contributed by atoms with E-state index in [1.165, 1.54) is 12.1 Å². The Labute approximate surface area is 95.1 Å². The fourth-order valence-corrected chi connectivity index (χ4v) is 2.18. The third-order valence-corrected chi connectivity index (χ3v) is 3.10. The molecule has 0 bridgehead atoms. The Kier molecular flexibility index (Phi) is 3.06. The lowest BCUT2D eigenvalue weighted by atomic mass is 10.0. The molecule has 1 aromatic carbocycles. The van der Waals surface area contributed by atoms with Gasteiger partial charge in [0, 0.05) is 11.5 Å². The minimum atomic E-state index is -0.319. The van der Waals surface area contributed by atoms with Crippen LogP contribution in [0.5, 0.6) is 0 Å². The normalized spacial score (nSPS) is 19.2. The molecule has 0 saturated carbocycles. The summed E-state index contributed by atoms with van der Waals surface area (Å²) >= 11 is 0. The van der Waals surface area contributed by atoms with Gasteiger partial charge < -0.3 is 4.90 Å². The summed E-state index contributed by atoms with van der Waals surface area (Å²) in [5.74, 6) is -0.170. The Morgan fingerprint density at radius 2 is 2.19 bits per heavy atom. The molecule has 1 atom stereocenters. The van der Waals surface area contributed by atoms with Crippen LogP contribution >= 0.6 is 0 Å². The average molecular weight is 221 g/mol. The van der Waals surface area contributed by atoms with Crippen molar-refractivity contribution < 1.29 is 9.18 Å². The highest BCUT2D eigenvalue weighted by Crippen LogP contribution is 2.29. The van der Waals surface area contributed by atoms with Crippen molar-refractivity contribution in [1.29, 1.82) is 0 Å². The third kappa shape index (κ3) is 2.14. The van der Waals surface area contributed by atoms with Crippen molar-refractivity contribution in [2.75, 3.05) is 20.6 Å². The van der Waals surface area contributed by atoms with Gasteiger partial charge in [-0.15, -0.1) is 0 Å². The number of nitrogens with zero attached hydrogens (tertiary/aromatic N) is 1. The van der Waals surface area contributed by atoms with Gasteiger partial charge in [0.15, 0.2) is 5.78 Å². The molecule has 0 saturated heterocycles. The number of halogens is 1. The second-order valence-electron chi connectivity index (χ2n) is 4.66. The van der Waals surface area contributed by atoms with Gasteiger partial charge in [0.1, 0.15) is 5.82 Å². The van der Waals surface area contributed by atoms with Crippen molar-refractivity contribution >= 4 is 5.78 Å². The number of carbonyl (C=O) groups is 1. The van der Waals surface area contributed by atoms with Gasteiger partial charge in [-0.05, 0) is 51.2 Å². The highest BCUT2D eigenvalue weighted by Gasteiger charge is 2.30. The van der Waals surface area contributed by atoms with E-state index >= 15 is 0 Å². The van der Waals surface area contributed by atoms with Crippen molar-refractivity contribution in [1.82, 2.24) is 4.90 Å². The Bertz CT molecular complexity index is 414. The summed E-state index contributed by atoms with van der Waals surface area (Å²) in [5, 5.41) is 0. The fraction of sp³-hybridized carbons (Fsp3) is 0.462. The minimum absolute atomic E-state index is 0.0409. The van der Waals surface area contributed by atoms with E-state index in [2.05, 4.69) is 4.90 Å². The summed E-state index contributed by atoms with van der Waals surface area (Å²) in [4.78, 5) is 14.0. The number of fused-ring (bicyclic) bond motifs is 1. The molecule has 86 valence electrons. The number of benzene rings is 1. The summed E-state index contributed by atoms with van der Waals surface area (Å²) in [5.41, 5.74) is 1.58. The topological polar surface area (TPSA) is 20.3 Å². The van der Waals surface area contributed by atoms with E-state index in [-0.39, 0.29) is 17.5 Å². The summed E-state index contributed by atoms with van der Waals surface area (Å²) in [6.07, 6.45) is 1.62. The molecule has 3 heteroatoms. The Balaban J connectivity index is 2.12. The van der Waals surface area contributed by atoms with Crippen molar-refractivity contribution in [2.24, 2.45) is 5.92 Å². The molecule has 0 radical (unpaired) electrons. The lowest BCUT2D eigenvalue weighted by Gasteiger charge is -2.12. The molecule has 0 aromatic heterocycles. The van der Waals surface area contributed by atoms with Gasteiger partial charge in [0.25, 0.3) is 0 Å². The van der Waals surface area contributed by atoms with Crippen molar-refractivity contribution in [3.05, 3.63) is 35.1 Å². The maximum Gasteiger partial charge on any atom is 0.166 e. The van der Waals surface area contributed by atoms with E-state index in [1.54, 1.807) is 6.07 Å². The molecule has 2 rings (SSSR count). The van der Waals surface area contributed by atoms with Gasteiger partial charge in [-0.2, -0.15) is 0 Å². The quantitative estimate of drug-likeness (QED) is 0.779. The highest BCUT2D eigenvalue weighted by atomic mass is 19.1. The third-order valence-electron chi connectivity index (χ3n) is 3.10. The van der Waals surface area contributed by atoms with Gasteiger partial charge in [-0.1, -0.05) is 6.07 Å². The van der Waals surface area contributed by atoms with Crippen LogP contribution in [0, 0.1) is 11.7 Å². The molecule has 0 heterocycles. The first-order valence-electron chi connectivity index (χ1n) is 5.55. The van der Waals surface area contributed by atoms with Crippen LogP contribution in [0.3, 0.4) is 0 Å². The zero-order chi connectivity index (χ0) is 11.7. The highest BCUT2D eigenvalue weighted by molar-refractivity contribution is 6.02. The van der Waals surface area contributed by atoms with E-state index < -0.39 is 0 Å². The molecule has 0 spiro atoms. The van der Waals surface area contributed by atoms with E-state index in [1.807, 2.05) is 14.1 Å². The molecular weight excluding hydrogens is 205 g/mol. The maximum absolute atomic E-state index is 13.0. The molecule has 1 aliphatic carbocycles. The summed E-state index contributed by atoms with van der Waals surface area (Å²) in [6.45, 7) is 0.896. The van der Waals surface area contributed by atoms with Crippen LogP contribution in [0.1, 0.15) is 22.3 Å². The largest absolute Gasteiger partial charge is 0.309 e. The van der Waals surface area contributed by atoms with Crippen LogP contribution in [0.25, 0.3) is 0 Å². The average Bonchev–Trinajstić information content (AvgIpc) is 2.53. The molecule has 2 nitrogen and oxygen atoms in total. The van der Waals surface area contributed by atoms with Crippen LogP contribution in [0.2, 0.25) is 0 Å². The van der Waals surface area contributed by atoms with E-state index in [0.29, 0.717) is 5.56 Å². The second-order valence-corrected chi connectivity index (χ2v) is 4.66. The number of ketones is 1. The Morgan fingerprint density at radius 3 is 2.88 bits per heavy atom.